The fourth-order valence-electron chi connectivity index (χ4n) is 18.7. The standard InChI is InChI=1S/C106H65N7S/c1-5-26-66(27-6-1)70-52-58-94-88(64-70)89-65-71(53-59-95(89)111(94)99-50-25-51-100(108-99)112-93-46-19-15-38-80(93)84-55-54-82-78-36-13-17-44-91(78)109(102(82)104(84)112)75-34-11-4-12-35-75)69-32-21-33-72(60-69)77-40-23-47-96-101(77)87-57-56-83-79-37-14-18-45-92(79)110(76-62-73(67-28-7-2-8-29-67)61-74(63-76)68-30-9-3-10-31-68)103(83)105(87)113(96)98-49-24-43-90(107-98)86-42-22-41-85-81-39-16-20-48-97(81)114-106(85)86/h1-65H. The van der Waals surface area contributed by atoms with E-state index in [1.165, 1.54) is 47.1 Å². The molecule has 8 aromatic heterocycles. The highest BCUT2D eigenvalue weighted by atomic mass is 32.1. The van der Waals surface area contributed by atoms with Crippen LogP contribution >= 0.6 is 11.3 Å². The molecule has 0 atom stereocenters. The van der Waals surface area contributed by atoms with Crippen molar-refractivity contribution in [3.05, 3.63) is 394 Å². The van der Waals surface area contributed by atoms with E-state index >= 15 is 0 Å². The predicted molar refractivity (Wildman–Crippen MR) is 479 cm³/mol. The summed E-state index contributed by atoms with van der Waals surface area (Å²) in [5, 5.41) is 14.2. The number of thiophene rings is 1. The van der Waals surface area contributed by atoms with Gasteiger partial charge in [-0.1, -0.05) is 279 Å². The van der Waals surface area contributed by atoms with Crippen LogP contribution in [0.25, 0.3) is 225 Å². The van der Waals surface area contributed by atoms with Crippen LogP contribution in [0.1, 0.15) is 0 Å². The van der Waals surface area contributed by atoms with Gasteiger partial charge in [-0.25, -0.2) is 9.97 Å². The van der Waals surface area contributed by atoms with Gasteiger partial charge in [0.1, 0.15) is 17.5 Å². The Labute approximate surface area is 658 Å². The van der Waals surface area contributed by atoms with Crippen LogP contribution in [0.4, 0.5) is 0 Å². The first-order chi connectivity index (χ1) is 56.6. The lowest BCUT2D eigenvalue weighted by molar-refractivity contribution is 1.01. The van der Waals surface area contributed by atoms with Crippen molar-refractivity contribution in [3.63, 3.8) is 0 Å². The van der Waals surface area contributed by atoms with Crippen molar-refractivity contribution in [1.29, 1.82) is 0 Å². The molecule has 16 aromatic carbocycles. The molecule has 0 radical (unpaired) electrons. The molecular weight excluding hydrogens is 1400 g/mol. The number of nitrogens with zero attached hydrogens (tertiary/aromatic N) is 7. The second-order valence-corrected chi connectivity index (χ2v) is 31.0. The highest BCUT2D eigenvalue weighted by Gasteiger charge is 2.28. The van der Waals surface area contributed by atoms with Crippen molar-refractivity contribution < 1.29 is 0 Å². The van der Waals surface area contributed by atoms with E-state index in [9.17, 15) is 0 Å². The Bertz CT molecular complexity index is 8040. The molecule has 8 heteroatoms. The van der Waals surface area contributed by atoms with Gasteiger partial charge < -0.3 is 9.13 Å². The van der Waals surface area contributed by atoms with E-state index in [4.69, 9.17) is 9.97 Å². The molecule has 0 aliphatic carbocycles. The van der Waals surface area contributed by atoms with E-state index in [1.54, 1.807) is 0 Å². The number of aromatic nitrogens is 7. The van der Waals surface area contributed by atoms with Gasteiger partial charge in [-0.2, -0.15) is 0 Å². The highest BCUT2D eigenvalue weighted by Crippen LogP contribution is 2.49. The van der Waals surface area contributed by atoms with Crippen LogP contribution in [0.5, 0.6) is 0 Å². The summed E-state index contributed by atoms with van der Waals surface area (Å²) in [6.07, 6.45) is 0. The Morgan fingerprint density at radius 3 is 1.22 bits per heavy atom. The third-order valence-corrected chi connectivity index (χ3v) is 24.9. The van der Waals surface area contributed by atoms with E-state index in [0.29, 0.717) is 0 Å². The van der Waals surface area contributed by atoms with Crippen molar-refractivity contribution in [2.24, 2.45) is 0 Å². The lowest BCUT2D eigenvalue weighted by Gasteiger charge is -2.16. The molecule has 0 amide bonds. The van der Waals surface area contributed by atoms with E-state index in [1.807, 2.05) is 11.3 Å². The zero-order valence-corrected chi connectivity index (χ0v) is 62.4. The first-order valence-electron chi connectivity index (χ1n) is 38.9. The summed E-state index contributed by atoms with van der Waals surface area (Å²) >= 11 is 1.84. The molecule has 0 saturated heterocycles. The van der Waals surface area contributed by atoms with E-state index in [-0.39, 0.29) is 0 Å². The molecule has 0 fully saturated rings. The Hall–Kier alpha value is -15.0. The van der Waals surface area contributed by atoms with Gasteiger partial charge in [0.2, 0.25) is 0 Å². The van der Waals surface area contributed by atoms with Crippen molar-refractivity contribution in [2.45, 2.75) is 0 Å². The van der Waals surface area contributed by atoms with Crippen LogP contribution in [-0.4, -0.2) is 32.8 Å². The fraction of sp³-hybridized carbons (Fsp3) is 0. The lowest BCUT2D eigenvalue weighted by Crippen LogP contribution is -2.04. The maximum Gasteiger partial charge on any atom is 0.140 e. The van der Waals surface area contributed by atoms with E-state index in [2.05, 4.69) is 417 Å². The molecule has 0 bridgehead atoms. The Balaban J connectivity index is 0.711. The van der Waals surface area contributed by atoms with Crippen molar-refractivity contribution in [3.8, 4) is 95.7 Å². The SMILES string of the molecule is c1ccc(-c2cc(-c3ccccc3)cc(-n3c4ccccc4c4ccc5c6c(-c7cccc(-c8ccc9c(c8)c8cc(-c%10ccccc%10)ccc8n9-c8cccc(-n9c%10ccccc%10c%10ccc%11c%12ccccc%12n(-c%12ccccc%12)c%11c%109)n8)c7)cccc6n(-c6cccc(-c7cccc8c7sc7ccccc78)n6)c5c43)c2)cc1. The molecule has 24 rings (SSSR count). The molecule has 0 aliphatic heterocycles. The summed E-state index contributed by atoms with van der Waals surface area (Å²) < 4.78 is 14.7. The average molecular weight is 1470 g/mol. The molecule has 0 unspecified atom stereocenters. The molecular formula is C106H65N7S. The zero-order valence-electron chi connectivity index (χ0n) is 61.6. The van der Waals surface area contributed by atoms with Gasteiger partial charge in [-0.05, 0) is 171 Å². The van der Waals surface area contributed by atoms with Crippen LogP contribution in [0.2, 0.25) is 0 Å². The fourth-order valence-corrected chi connectivity index (χ4v) is 19.9. The second kappa shape index (κ2) is 25.3. The van der Waals surface area contributed by atoms with Gasteiger partial charge in [0.25, 0.3) is 0 Å². The van der Waals surface area contributed by atoms with Crippen LogP contribution < -0.4 is 0 Å². The number of hydrogen-bond acceptors (Lipinski definition) is 3. The summed E-state index contributed by atoms with van der Waals surface area (Å²) in [6.45, 7) is 0. The maximum absolute atomic E-state index is 5.84. The molecule has 530 valence electrons. The Morgan fingerprint density at radius 1 is 0.193 bits per heavy atom. The first-order valence-corrected chi connectivity index (χ1v) is 39.8. The van der Waals surface area contributed by atoms with Crippen molar-refractivity contribution in [2.75, 3.05) is 0 Å². The molecule has 0 saturated carbocycles. The summed E-state index contributed by atoms with van der Waals surface area (Å²) in [5.41, 5.74) is 26.6. The number of hydrogen-bond donors (Lipinski definition) is 0. The van der Waals surface area contributed by atoms with E-state index < -0.39 is 0 Å². The van der Waals surface area contributed by atoms with Crippen molar-refractivity contribution in [1.82, 2.24) is 32.8 Å². The molecule has 0 N–H and O–H groups in total. The van der Waals surface area contributed by atoms with Crippen LogP contribution in [0.3, 0.4) is 0 Å². The molecule has 114 heavy (non-hydrogen) atoms. The van der Waals surface area contributed by atoms with Gasteiger partial charge in [0, 0.05) is 91.0 Å². The molecule has 8 heterocycles. The van der Waals surface area contributed by atoms with Crippen LogP contribution in [0.15, 0.2) is 394 Å². The Kier molecular flexibility index (Phi) is 14.2. The van der Waals surface area contributed by atoms with Crippen LogP contribution in [-0.2, 0) is 0 Å². The largest absolute Gasteiger partial charge is 0.307 e. The summed E-state index contributed by atoms with van der Waals surface area (Å²) in [7, 11) is 0. The zero-order chi connectivity index (χ0) is 74.6. The minimum atomic E-state index is 0.828. The third-order valence-electron chi connectivity index (χ3n) is 23.7. The summed E-state index contributed by atoms with van der Waals surface area (Å²) in [6, 6.07) is 145. The maximum atomic E-state index is 5.84. The first kappa shape index (κ1) is 63.9. The number of pyridine rings is 2. The van der Waals surface area contributed by atoms with Gasteiger partial charge >= 0.3 is 0 Å². The third kappa shape index (κ3) is 9.75. The quantitative estimate of drug-likeness (QED) is 0.130. The average Bonchev–Trinajstić information content (AvgIpc) is 1.54. The number of fused-ring (bicyclic) bond motifs is 20. The minimum Gasteiger partial charge on any atom is -0.307 e. The van der Waals surface area contributed by atoms with E-state index in [0.717, 1.165) is 178 Å². The predicted octanol–water partition coefficient (Wildman–Crippen LogP) is 28.3. The van der Waals surface area contributed by atoms with Crippen molar-refractivity contribution >= 4 is 141 Å². The molecule has 0 aliphatic rings. The molecule has 24 aromatic rings. The Morgan fingerprint density at radius 2 is 0.588 bits per heavy atom. The topological polar surface area (TPSA) is 50.4 Å². The summed E-state index contributed by atoms with van der Waals surface area (Å²) in [5.74, 6) is 2.50. The van der Waals surface area contributed by atoms with Gasteiger partial charge in [0.15, 0.2) is 0 Å². The summed E-state index contributed by atoms with van der Waals surface area (Å²) in [4.78, 5) is 11.7. The number of para-hydroxylation sites is 4. The van der Waals surface area contributed by atoms with Crippen LogP contribution in [0, 0.1) is 0 Å². The lowest BCUT2D eigenvalue weighted by atomic mass is 9.95. The smallest absolute Gasteiger partial charge is 0.140 e. The monoisotopic (exact) mass is 1470 g/mol. The van der Waals surface area contributed by atoms with Gasteiger partial charge in [0.05, 0.1) is 60.9 Å². The number of benzene rings is 16. The minimum absolute atomic E-state index is 0.828. The normalized spacial score (nSPS) is 12.0. The van der Waals surface area contributed by atoms with Gasteiger partial charge in [-0.3, -0.25) is 13.7 Å². The highest BCUT2D eigenvalue weighted by molar-refractivity contribution is 7.26. The molecule has 0 spiro atoms. The van der Waals surface area contributed by atoms with Gasteiger partial charge in [-0.15, -0.1) is 11.3 Å². The second-order valence-electron chi connectivity index (χ2n) is 29.9. The number of rotatable bonds is 11. The molecule has 7 nitrogen and oxygen atoms in total.